The van der Waals surface area contributed by atoms with E-state index in [2.05, 4.69) is 9.97 Å². The molecule has 1 fully saturated rings. The SMILES string of the molecule is COCC(=O)N1CCC[C@H](c2nc(N)ncc2-c2ccc(OC)cc2)C1. The number of amides is 1. The molecule has 3 rings (SSSR count). The van der Waals surface area contributed by atoms with E-state index in [1.54, 1.807) is 13.3 Å². The quantitative estimate of drug-likeness (QED) is 0.882. The zero-order valence-electron chi connectivity index (χ0n) is 15.1. The molecule has 0 aliphatic carbocycles. The number of likely N-dealkylation sites (tertiary alicyclic amines) is 1. The van der Waals surface area contributed by atoms with Crippen LogP contribution in [0.1, 0.15) is 24.5 Å². The molecule has 0 spiro atoms. The van der Waals surface area contributed by atoms with Crippen molar-refractivity contribution >= 4 is 11.9 Å². The number of anilines is 1. The maximum Gasteiger partial charge on any atom is 0.248 e. The van der Waals surface area contributed by atoms with Crippen molar-refractivity contribution in [3.63, 3.8) is 0 Å². The topological polar surface area (TPSA) is 90.6 Å². The molecule has 1 aliphatic rings. The molecule has 26 heavy (non-hydrogen) atoms. The van der Waals surface area contributed by atoms with Crippen LogP contribution >= 0.6 is 0 Å². The van der Waals surface area contributed by atoms with Gasteiger partial charge < -0.3 is 20.1 Å². The first-order valence-corrected chi connectivity index (χ1v) is 8.66. The first-order chi connectivity index (χ1) is 12.6. The van der Waals surface area contributed by atoms with E-state index < -0.39 is 0 Å². The average molecular weight is 356 g/mol. The van der Waals surface area contributed by atoms with Crippen molar-refractivity contribution < 1.29 is 14.3 Å². The molecule has 2 heterocycles. The van der Waals surface area contributed by atoms with Gasteiger partial charge in [0, 0.05) is 37.9 Å². The lowest BCUT2D eigenvalue weighted by molar-refractivity contribution is -0.136. The zero-order chi connectivity index (χ0) is 18.5. The van der Waals surface area contributed by atoms with Gasteiger partial charge in [0.2, 0.25) is 11.9 Å². The Bertz CT molecular complexity index is 764. The van der Waals surface area contributed by atoms with Crippen LogP contribution in [0, 0.1) is 0 Å². The van der Waals surface area contributed by atoms with Crippen molar-refractivity contribution in [2.75, 3.05) is 39.6 Å². The molecule has 1 atom stereocenters. The second kappa shape index (κ2) is 8.14. The number of carbonyl (C=O) groups excluding carboxylic acids is 1. The number of nitrogen functional groups attached to an aromatic ring is 1. The van der Waals surface area contributed by atoms with E-state index >= 15 is 0 Å². The Hall–Kier alpha value is -2.67. The standard InChI is InChI=1S/C19H24N4O3/c1-25-12-17(24)23-9-3-4-14(11-23)18-16(10-21-19(20)22-18)13-5-7-15(26-2)8-6-13/h5-8,10,14H,3-4,9,11-12H2,1-2H3,(H2,20,21,22)/t14-/m0/s1. The van der Waals surface area contributed by atoms with Gasteiger partial charge in [-0.05, 0) is 30.5 Å². The number of rotatable bonds is 5. The number of aromatic nitrogens is 2. The minimum atomic E-state index is 0.00484. The summed E-state index contributed by atoms with van der Waals surface area (Å²) >= 11 is 0. The molecule has 138 valence electrons. The molecule has 0 radical (unpaired) electrons. The maximum absolute atomic E-state index is 12.2. The lowest BCUT2D eigenvalue weighted by atomic mass is 9.90. The summed E-state index contributed by atoms with van der Waals surface area (Å²) in [6.07, 6.45) is 3.64. The van der Waals surface area contributed by atoms with E-state index in [0.717, 1.165) is 42.0 Å². The molecule has 1 amide bonds. The van der Waals surface area contributed by atoms with Crippen LogP contribution in [0.2, 0.25) is 0 Å². The lowest BCUT2D eigenvalue weighted by Crippen LogP contribution is -2.41. The molecule has 0 saturated carbocycles. The fourth-order valence-electron chi connectivity index (χ4n) is 3.36. The second-order valence-corrected chi connectivity index (χ2v) is 6.37. The van der Waals surface area contributed by atoms with Gasteiger partial charge in [-0.15, -0.1) is 0 Å². The maximum atomic E-state index is 12.2. The number of carbonyl (C=O) groups is 1. The second-order valence-electron chi connectivity index (χ2n) is 6.37. The highest BCUT2D eigenvalue weighted by Gasteiger charge is 2.27. The molecule has 2 N–H and O–H groups in total. The van der Waals surface area contributed by atoms with Crippen molar-refractivity contribution in [1.82, 2.24) is 14.9 Å². The number of piperidine rings is 1. The average Bonchev–Trinajstić information content (AvgIpc) is 2.68. The van der Waals surface area contributed by atoms with Gasteiger partial charge in [-0.2, -0.15) is 0 Å². The summed E-state index contributed by atoms with van der Waals surface area (Å²) in [5, 5.41) is 0. The molecular weight excluding hydrogens is 332 g/mol. The van der Waals surface area contributed by atoms with E-state index in [1.165, 1.54) is 7.11 Å². The Morgan fingerprint density at radius 3 is 2.77 bits per heavy atom. The van der Waals surface area contributed by atoms with Crippen LogP contribution in [0.3, 0.4) is 0 Å². The Morgan fingerprint density at radius 1 is 1.31 bits per heavy atom. The summed E-state index contributed by atoms with van der Waals surface area (Å²) in [6.45, 7) is 1.46. The van der Waals surface area contributed by atoms with Gasteiger partial charge in [0.15, 0.2) is 0 Å². The molecule has 0 unspecified atom stereocenters. The molecule has 2 aromatic rings. The molecule has 0 bridgehead atoms. The third kappa shape index (κ3) is 3.94. The summed E-state index contributed by atoms with van der Waals surface area (Å²) in [5.74, 6) is 1.16. The number of nitrogens with two attached hydrogens (primary N) is 1. The number of ether oxygens (including phenoxy) is 2. The summed E-state index contributed by atoms with van der Waals surface area (Å²) < 4.78 is 10.2. The first-order valence-electron chi connectivity index (χ1n) is 8.66. The Morgan fingerprint density at radius 2 is 2.08 bits per heavy atom. The number of methoxy groups -OCH3 is 2. The molecule has 1 aromatic heterocycles. The lowest BCUT2D eigenvalue weighted by Gasteiger charge is -2.33. The van der Waals surface area contributed by atoms with Crippen LogP contribution < -0.4 is 10.5 Å². The van der Waals surface area contributed by atoms with E-state index in [1.807, 2.05) is 29.2 Å². The van der Waals surface area contributed by atoms with Crippen LogP contribution in [0.4, 0.5) is 5.95 Å². The summed E-state index contributed by atoms with van der Waals surface area (Å²) in [6, 6.07) is 7.78. The minimum absolute atomic E-state index is 0.00484. The van der Waals surface area contributed by atoms with Gasteiger partial charge in [-0.3, -0.25) is 4.79 Å². The highest BCUT2D eigenvalue weighted by molar-refractivity contribution is 5.77. The minimum Gasteiger partial charge on any atom is -0.497 e. The first kappa shape index (κ1) is 18.1. The smallest absolute Gasteiger partial charge is 0.248 e. The number of benzene rings is 1. The predicted molar refractivity (Wildman–Crippen MR) is 98.9 cm³/mol. The highest BCUT2D eigenvalue weighted by atomic mass is 16.5. The predicted octanol–water partition coefficient (Wildman–Crippen LogP) is 2.09. The summed E-state index contributed by atoms with van der Waals surface area (Å²) in [5.41, 5.74) is 8.68. The van der Waals surface area contributed by atoms with Gasteiger partial charge in [-0.25, -0.2) is 9.97 Å². The normalized spacial score (nSPS) is 17.2. The third-order valence-corrected chi connectivity index (χ3v) is 4.67. The van der Waals surface area contributed by atoms with E-state index in [-0.39, 0.29) is 24.4 Å². The fraction of sp³-hybridized carbons (Fsp3) is 0.421. The molecule has 1 saturated heterocycles. The fourth-order valence-corrected chi connectivity index (χ4v) is 3.36. The van der Waals surface area contributed by atoms with Crippen LogP contribution in [0.25, 0.3) is 11.1 Å². The van der Waals surface area contributed by atoms with Gasteiger partial charge in [0.05, 0.1) is 12.8 Å². The van der Waals surface area contributed by atoms with E-state index in [4.69, 9.17) is 15.2 Å². The third-order valence-electron chi connectivity index (χ3n) is 4.67. The summed E-state index contributed by atoms with van der Waals surface area (Å²) in [4.78, 5) is 22.7. The van der Waals surface area contributed by atoms with Crippen LogP contribution in [0.5, 0.6) is 5.75 Å². The largest absolute Gasteiger partial charge is 0.497 e. The number of hydrogen-bond acceptors (Lipinski definition) is 6. The van der Waals surface area contributed by atoms with Gasteiger partial charge >= 0.3 is 0 Å². The Kier molecular flexibility index (Phi) is 5.68. The van der Waals surface area contributed by atoms with E-state index in [9.17, 15) is 4.79 Å². The highest BCUT2D eigenvalue weighted by Crippen LogP contribution is 2.34. The van der Waals surface area contributed by atoms with Crippen LogP contribution in [-0.2, 0) is 9.53 Å². The molecule has 7 heteroatoms. The number of hydrogen-bond donors (Lipinski definition) is 1. The van der Waals surface area contributed by atoms with Gasteiger partial charge in [0.25, 0.3) is 0 Å². The Balaban J connectivity index is 1.91. The van der Waals surface area contributed by atoms with Crippen molar-refractivity contribution in [3.8, 4) is 16.9 Å². The Labute approximate surface area is 153 Å². The number of nitrogens with zero attached hydrogens (tertiary/aromatic N) is 3. The van der Waals surface area contributed by atoms with Gasteiger partial charge in [-0.1, -0.05) is 12.1 Å². The molecule has 7 nitrogen and oxygen atoms in total. The molecule has 1 aliphatic heterocycles. The molecule has 1 aromatic carbocycles. The zero-order valence-corrected chi connectivity index (χ0v) is 15.1. The molecular formula is C19H24N4O3. The van der Waals surface area contributed by atoms with Crippen molar-refractivity contribution in [2.45, 2.75) is 18.8 Å². The van der Waals surface area contributed by atoms with Gasteiger partial charge in [0.1, 0.15) is 12.4 Å². The van der Waals surface area contributed by atoms with E-state index in [0.29, 0.717) is 6.54 Å². The van der Waals surface area contributed by atoms with Crippen molar-refractivity contribution in [3.05, 3.63) is 36.2 Å². The van der Waals surface area contributed by atoms with Crippen molar-refractivity contribution in [2.24, 2.45) is 0 Å². The van der Waals surface area contributed by atoms with Crippen LogP contribution in [-0.4, -0.2) is 54.7 Å². The summed E-state index contributed by atoms with van der Waals surface area (Å²) in [7, 11) is 3.17. The monoisotopic (exact) mass is 356 g/mol. The van der Waals surface area contributed by atoms with Crippen molar-refractivity contribution in [1.29, 1.82) is 0 Å². The van der Waals surface area contributed by atoms with Crippen LogP contribution in [0.15, 0.2) is 30.5 Å².